The molecule has 0 heterocycles. The van der Waals surface area contributed by atoms with Crippen LogP contribution in [0.4, 0.5) is 0 Å². The predicted molar refractivity (Wildman–Crippen MR) is 75.9 cm³/mol. The van der Waals surface area contributed by atoms with Crippen LogP contribution in [0.5, 0.6) is 0 Å². The van der Waals surface area contributed by atoms with Gasteiger partial charge in [-0.25, -0.2) is 0 Å². The Morgan fingerprint density at radius 1 is 1.44 bits per heavy atom. The maximum Gasteiger partial charge on any atom is 0.240 e. The quantitative estimate of drug-likeness (QED) is 0.808. The average Bonchev–Trinajstić information content (AvgIpc) is 2.65. The van der Waals surface area contributed by atoms with E-state index in [1.165, 1.54) is 0 Å². The van der Waals surface area contributed by atoms with E-state index in [0.717, 1.165) is 32.1 Å². The van der Waals surface area contributed by atoms with Crippen molar-refractivity contribution in [2.75, 3.05) is 7.11 Å². The Balaban J connectivity index is 0.00000289. The number of rotatable bonds is 5. The van der Waals surface area contributed by atoms with Crippen LogP contribution in [-0.2, 0) is 9.53 Å². The van der Waals surface area contributed by atoms with Crippen molar-refractivity contribution in [1.82, 2.24) is 5.32 Å². The standard InChI is InChI=1S/C13H26N2O2.ClH/c1-10(9-12(2,3)17-4)15-11(16)13(14)7-5-6-8-13;/h10H,5-9,14H2,1-4H3,(H,15,16);1H. The third-order valence-electron chi connectivity index (χ3n) is 3.68. The van der Waals surface area contributed by atoms with Crippen LogP contribution in [0.1, 0.15) is 52.9 Å². The first-order chi connectivity index (χ1) is 7.79. The Labute approximate surface area is 116 Å². The Morgan fingerprint density at radius 3 is 2.39 bits per heavy atom. The number of hydrogen-bond acceptors (Lipinski definition) is 3. The zero-order chi connectivity index (χ0) is 13.1. The molecule has 1 unspecified atom stereocenters. The zero-order valence-corrected chi connectivity index (χ0v) is 12.7. The molecule has 0 radical (unpaired) electrons. The molecule has 0 aliphatic heterocycles. The molecular formula is C13H27ClN2O2. The van der Waals surface area contributed by atoms with Crippen molar-refractivity contribution in [1.29, 1.82) is 0 Å². The van der Waals surface area contributed by atoms with Gasteiger partial charge in [0.15, 0.2) is 0 Å². The molecule has 1 amide bonds. The van der Waals surface area contributed by atoms with E-state index in [1.54, 1.807) is 7.11 Å². The number of ether oxygens (including phenoxy) is 1. The van der Waals surface area contributed by atoms with E-state index >= 15 is 0 Å². The normalized spacial score (nSPS) is 20.1. The molecule has 108 valence electrons. The SMILES string of the molecule is COC(C)(C)CC(C)NC(=O)C1(N)CCCC1.Cl. The lowest BCUT2D eigenvalue weighted by atomic mass is 9.95. The summed E-state index contributed by atoms with van der Waals surface area (Å²) < 4.78 is 5.36. The topological polar surface area (TPSA) is 64.3 Å². The molecule has 4 nitrogen and oxygen atoms in total. The molecular weight excluding hydrogens is 252 g/mol. The van der Waals surface area contributed by atoms with Crippen molar-refractivity contribution in [3.05, 3.63) is 0 Å². The Hall–Kier alpha value is -0.320. The summed E-state index contributed by atoms with van der Waals surface area (Å²) in [4.78, 5) is 12.1. The fourth-order valence-corrected chi connectivity index (χ4v) is 2.47. The van der Waals surface area contributed by atoms with Gasteiger partial charge in [0.2, 0.25) is 5.91 Å². The first-order valence-electron chi connectivity index (χ1n) is 6.44. The molecule has 5 heteroatoms. The zero-order valence-electron chi connectivity index (χ0n) is 11.9. The van der Waals surface area contributed by atoms with E-state index in [1.807, 2.05) is 20.8 Å². The van der Waals surface area contributed by atoms with Gasteiger partial charge in [-0.05, 0) is 40.0 Å². The van der Waals surface area contributed by atoms with Gasteiger partial charge in [-0.1, -0.05) is 12.8 Å². The molecule has 18 heavy (non-hydrogen) atoms. The number of amides is 1. The number of carbonyl (C=O) groups is 1. The highest BCUT2D eigenvalue weighted by Gasteiger charge is 2.37. The van der Waals surface area contributed by atoms with Crippen molar-refractivity contribution >= 4 is 18.3 Å². The third kappa shape index (κ3) is 4.75. The summed E-state index contributed by atoms with van der Waals surface area (Å²) in [6, 6.07) is 0.0819. The molecule has 1 atom stereocenters. The van der Waals surface area contributed by atoms with Gasteiger partial charge >= 0.3 is 0 Å². The summed E-state index contributed by atoms with van der Waals surface area (Å²) in [7, 11) is 1.69. The second-order valence-electron chi connectivity index (χ2n) is 5.91. The summed E-state index contributed by atoms with van der Waals surface area (Å²) in [6.07, 6.45) is 4.51. The summed E-state index contributed by atoms with van der Waals surface area (Å²) in [5.41, 5.74) is 5.25. The second kappa shape index (κ2) is 6.73. The van der Waals surface area contributed by atoms with E-state index in [0.29, 0.717) is 0 Å². The molecule has 0 aromatic carbocycles. The highest BCUT2D eigenvalue weighted by Crippen LogP contribution is 2.27. The molecule has 1 aliphatic carbocycles. The minimum atomic E-state index is -0.633. The van der Waals surface area contributed by atoms with Crippen molar-refractivity contribution in [2.45, 2.75) is 70.1 Å². The highest BCUT2D eigenvalue weighted by molar-refractivity contribution is 5.86. The number of nitrogens with two attached hydrogens (primary N) is 1. The molecule has 1 fully saturated rings. The molecule has 0 spiro atoms. The fourth-order valence-electron chi connectivity index (χ4n) is 2.47. The van der Waals surface area contributed by atoms with Gasteiger partial charge in [-0.2, -0.15) is 0 Å². The fraction of sp³-hybridized carbons (Fsp3) is 0.923. The molecule has 0 bridgehead atoms. The van der Waals surface area contributed by atoms with Gasteiger partial charge in [0.25, 0.3) is 0 Å². The average molecular weight is 279 g/mol. The van der Waals surface area contributed by atoms with Gasteiger partial charge in [0.1, 0.15) is 0 Å². The van der Waals surface area contributed by atoms with Gasteiger partial charge in [0, 0.05) is 13.2 Å². The molecule has 0 aromatic rings. The van der Waals surface area contributed by atoms with Crippen LogP contribution < -0.4 is 11.1 Å². The molecule has 1 aliphatic rings. The van der Waals surface area contributed by atoms with Gasteiger partial charge in [-0.15, -0.1) is 12.4 Å². The van der Waals surface area contributed by atoms with Crippen LogP contribution in [0.3, 0.4) is 0 Å². The largest absolute Gasteiger partial charge is 0.379 e. The Bertz CT molecular complexity index is 276. The van der Waals surface area contributed by atoms with Crippen molar-refractivity contribution in [3.63, 3.8) is 0 Å². The number of halogens is 1. The van der Waals surface area contributed by atoms with E-state index in [9.17, 15) is 4.79 Å². The minimum Gasteiger partial charge on any atom is -0.379 e. The van der Waals surface area contributed by atoms with Crippen molar-refractivity contribution in [3.8, 4) is 0 Å². The van der Waals surface area contributed by atoms with Crippen LogP contribution in [-0.4, -0.2) is 30.2 Å². The minimum absolute atomic E-state index is 0. The van der Waals surface area contributed by atoms with Crippen LogP contribution >= 0.6 is 12.4 Å². The molecule has 3 N–H and O–H groups in total. The van der Waals surface area contributed by atoms with Crippen LogP contribution in [0.25, 0.3) is 0 Å². The van der Waals surface area contributed by atoms with Crippen molar-refractivity contribution in [2.24, 2.45) is 5.73 Å². The molecule has 0 aromatic heterocycles. The lowest BCUT2D eigenvalue weighted by Crippen LogP contribution is -2.54. The molecule has 1 rings (SSSR count). The summed E-state index contributed by atoms with van der Waals surface area (Å²) >= 11 is 0. The highest BCUT2D eigenvalue weighted by atomic mass is 35.5. The number of carbonyl (C=O) groups excluding carboxylic acids is 1. The smallest absolute Gasteiger partial charge is 0.240 e. The van der Waals surface area contributed by atoms with Gasteiger partial charge < -0.3 is 15.8 Å². The van der Waals surface area contributed by atoms with Crippen molar-refractivity contribution < 1.29 is 9.53 Å². The first-order valence-corrected chi connectivity index (χ1v) is 6.44. The van der Waals surface area contributed by atoms with Crippen LogP contribution in [0, 0.1) is 0 Å². The summed E-state index contributed by atoms with van der Waals surface area (Å²) in [6.45, 7) is 6.03. The number of methoxy groups -OCH3 is 1. The molecule has 1 saturated carbocycles. The van der Waals surface area contributed by atoms with E-state index in [-0.39, 0.29) is 30.0 Å². The Kier molecular flexibility index (Phi) is 6.61. The van der Waals surface area contributed by atoms with E-state index < -0.39 is 5.54 Å². The van der Waals surface area contributed by atoms with E-state index in [4.69, 9.17) is 10.5 Å². The lowest BCUT2D eigenvalue weighted by molar-refractivity contribution is -0.127. The van der Waals surface area contributed by atoms with Crippen LogP contribution in [0.2, 0.25) is 0 Å². The second-order valence-corrected chi connectivity index (χ2v) is 5.91. The van der Waals surface area contributed by atoms with Crippen LogP contribution in [0.15, 0.2) is 0 Å². The first kappa shape index (κ1) is 17.7. The monoisotopic (exact) mass is 278 g/mol. The maximum absolute atomic E-state index is 12.1. The maximum atomic E-state index is 12.1. The predicted octanol–water partition coefficient (Wildman–Crippen LogP) is 2.00. The van der Waals surface area contributed by atoms with E-state index in [2.05, 4.69) is 5.32 Å². The van der Waals surface area contributed by atoms with Gasteiger partial charge in [-0.3, -0.25) is 4.79 Å². The number of hydrogen-bond donors (Lipinski definition) is 2. The molecule has 0 saturated heterocycles. The number of nitrogens with one attached hydrogen (secondary N) is 1. The Morgan fingerprint density at radius 2 is 1.94 bits per heavy atom. The summed E-state index contributed by atoms with van der Waals surface area (Å²) in [5, 5.41) is 3.01. The van der Waals surface area contributed by atoms with Gasteiger partial charge in [0.05, 0.1) is 11.1 Å². The summed E-state index contributed by atoms with van der Waals surface area (Å²) in [5.74, 6) is -0.00518. The third-order valence-corrected chi connectivity index (χ3v) is 3.68. The lowest BCUT2D eigenvalue weighted by Gasteiger charge is -2.30.